The van der Waals surface area contributed by atoms with Crippen LogP contribution in [0.15, 0.2) is 76.4 Å². The molecule has 2 heterocycles. The van der Waals surface area contributed by atoms with Crippen LogP contribution in [0, 0.1) is 0 Å². The second-order valence-corrected chi connectivity index (χ2v) is 10.4. The third kappa shape index (κ3) is 4.70. The third-order valence-corrected chi connectivity index (χ3v) is 7.79. The summed E-state index contributed by atoms with van der Waals surface area (Å²) in [5, 5.41) is 1.13. The molecule has 35 heavy (non-hydrogen) atoms. The maximum Gasteiger partial charge on any atom is 0.252 e. The highest BCUT2D eigenvalue weighted by Crippen LogP contribution is 2.35. The summed E-state index contributed by atoms with van der Waals surface area (Å²) >= 11 is 5.96. The lowest BCUT2D eigenvalue weighted by atomic mass is 10.1. The molecular weight excluding hydrogens is 492 g/mol. The molecule has 0 saturated carbocycles. The van der Waals surface area contributed by atoms with E-state index in [4.69, 9.17) is 25.8 Å². The Morgan fingerprint density at radius 3 is 2.34 bits per heavy atom. The van der Waals surface area contributed by atoms with Crippen molar-refractivity contribution in [1.82, 2.24) is 9.29 Å². The molecule has 1 aliphatic rings. The van der Waals surface area contributed by atoms with Gasteiger partial charge in [-0.3, -0.25) is 4.79 Å². The van der Waals surface area contributed by atoms with Crippen molar-refractivity contribution in [3.63, 3.8) is 0 Å². The molecule has 10 heteroatoms. The van der Waals surface area contributed by atoms with Crippen LogP contribution in [0.4, 0.5) is 0 Å². The second kappa shape index (κ2) is 9.26. The number of nitrogens with one attached hydrogen (secondary N) is 1. The number of nitrogens with zero attached hydrogens (tertiary/aromatic N) is 1. The van der Waals surface area contributed by atoms with Crippen molar-refractivity contribution in [1.29, 1.82) is 0 Å². The van der Waals surface area contributed by atoms with Gasteiger partial charge < -0.3 is 19.2 Å². The highest BCUT2D eigenvalue weighted by molar-refractivity contribution is 7.89. The van der Waals surface area contributed by atoms with Gasteiger partial charge in [-0.05, 0) is 54.1 Å². The zero-order valence-electron chi connectivity index (χ0n) is 18.7. The largest absolute Gasteiger partial charge is 0.497 e. The summed E-state index contributed by atoms with van der Waals surface area (Å²) in [5.41, 5.74) is 1.22. The lowest BCUT2D eigenvalue weighted by molar-refractivity contribution is 0.174. The minimum atomic E-state index is -3.96. The van der Waals surface area contributed by atoms with E-state index in [1.165, 1.54) is 28.6 Å². The number of hydrogen-bond donors (Lipinski definition) is 1. The standard InChI is InChI=1S/C25H21ClN2O6S/c1-32-20-6-2-16(3-7-20)13-28(35(30,31)21-8-4-19(26)5-9-21)14-18-10-17-11-23-24(34-15-33-23)12-22(17)27-25(18)29/h2-12H,13-15H2,1H3,(H,27,29). The molecule has 4 aromatic rings. The summed E-state index contributed by atoms with van der Waals surface area (Å²) in [6.07, 6.45) is 0. The molecule has 3 aromatic carbocycles. The van der Waals surface area contributed by atoms with Crippen molar-refractivity contribution in [3.05, 3.63) is 93.2 Å². The quantitative estimate of drug-likeness (QED) is 0.396. The minimum absolute atomic E-state index is 0.0492. The molecule has 0 bridgehead atoms. The predicted octanol–water partition coefficient (Wildman–Crippen LogP) is 4.31. The maximum absolute atomic E-state index is 13.6. The van der Waals surface area contributed by atoms with Crippen molar-refractivity contribution >= 4 is 32.5 Å². The summed E-state index contributed by atoms with van der Waals surface area (Å²) in [6.45, 7) is 0.0159. The normalized spacial score (nSPS) is 12.9. The van der Waals surface area contributed by atoms with E-state index in [0.29, 0.717) is 38.7 Å². The molecule has 8 nitrogen and oxygen atoms in total. The first-order valence-electron chi connectivity index (χ1n) is 10.7. The number of sulfonamides is 1. The van der Waals surface area contributed by atoms with Crippen LogP contribution in [0.5, 0.6) is 17.2 Å². The van der Waals surface area contributed by atoms with Crippen molar-refractivity contribution in [2.75, 3.05) is 13.9 Å². The van der Waals surface area contributed by atoms with Crippen LogP contribution < -0.4 is 19.8 Å². The first kappa shape index (κ1) is 23.2. The number of fused-ring (bicyclic) bond motifs is 2. The third-order valence-electron chi connectivity index (χ3n) is 5.73. The molecule has 0 radical (unpaired) electrons. The number of aromatic amines is 1. The molecule has 1 aromatic heterocycles. The number of methoxy groups -OCH3 is 1. The van der Waals surface area contributed by atoms with Gasteiger partial charge in [-0.25, -0.2) is 8.42 Å². The van der Waals surface area contributed by atoms with E-state index in [2.05, 4.69) is 4.98 Å². The number of pyridine rings is 1. The number of ether oxygens (including phenoxy) is 3. The fourth-order valence-corrected chi connectivity index (χ4v) is 5.40. The summed E-state index contributed by atoms with van der Waals surface area (Å²) in [7, 11) is -2.40. The monoisotopic (exact) mass is 512 g/mol. The van der Waals surface area contributed by atoms with Crippen LogP contribution in [-0.2, 0) is 23.1 Å². The molecule has 0 spiro atoms. The molecule has 0 atom stereocenters. The van der Waals surface area contributed by atoms with Crippen molar-refractivity contribution in [2.45, 2.75) is 18.0 Å². The molecule has 1 aliphatic heterocycles. The molecule has 0 aliphatic carbocycles. The SMILES string of the molecule is COc1ccc(CN(Cc2cc3cc4c(cc3[nH]c2=O)OCO4)S(=O)(=O)c2ccc(Cl)cc2)cc1. The Balaban J connectivity index is 1.55. The Bertz CT molecular complexity index is 1550. The van der Waals surface area contributed by atoms with E-state index < -0.39 is 10.0 Å². The van der Waals surface area contributed by atoms with Gasteiger partial charge in [0, 0.05) is 35.1 Å². The Hall–Kier alpha value is -3.53. The molecule has 1 N–H and O–H groups in total. The van der Waals surface area contributed by atoms with Crippen LogP contribution >= 0.6 is 11.6 Å². The fourth-order valence-electron chi connectivity index (χ4n) is 3.86. The molecule has 0 amide bonds. The van der Waals surface area contributed by atoms with Gasteiger partial charge in [0.15, 0.2) is 11.5 Å². The zero-order valence-corrected chi connectivity index (χ0v) is 20.2. The van der Waals surface area contributed by atoms with E-state index in [1.807, 2.05) is 0 Å². The van der Waals surface area contributed by atoms with Crippen molar-refractivity contribution < 1.29 is 22.6 Å². The average Bonchev–Trinajstić information content (AvgIpc) is 3.30. The van der Waals surface area contributed by atoms with Crippen LogP contribution in [0.2, 0.25) is 5.02 Å². The number of aromatic nitrogens is 1. The molecular formula is C25H21ClN2O6S. The average molecular weight is 513 g/mol. The van der Waals surface area contributed by atoms with Crippen LogP contribution in [0.25, 0.3) is 10.9 Å². The number of hydrogen-bond acceptors (Lipinski definition) is 6. The number of halogens is 1. The van der Waals surface area contributed by atoms with Crippen LogP contribution in [-0.4, -0.2) is 31.6 Å². The first-order chi connectivity index (χ1) is 16.8. The van der Waals surface area contributed by atoms with Gasteiger partial charge in [-0.1, -0.05) is 23.7 Å². The van der Waals surface area contributed by atoms with E-state index in [-0.39, 0.29) is 30.3 Å². The van der Waals surface area contributed by atoms with Crippen LogP contribution in [0.3, 0.4) is 0 Å². The minimum Gasteiger partial charge on any atom is -0.497 e. The Labute approximate surface area is 206 Å². The predicted molar refractivity (Wildman–Crippen MR) is 132 cm³/mol. The Morgan fingerprint density at radius 1 is 0.971 bits per heavy atom. The van der Waals surface area contributed by atoms with Gasteiger partial charge in [0.2, 0.25) is 16.8 Å². The van der Waals surface area contributed by atoms with Crippen molar-refractivity contribution in [3.8, 4) is 17.2 Å². The molecule has 0 fully saturated rings. The van der Waals surface area contributed by atoms with E-state index in [9.17, 15) is 13.2 Å². The van der Waals surface area contributed by atoms with Crippen LogP contribution in [0.1, 0.15) is 11.1 Å². The lowest BCUT2D eigenvalue weighted by Crippen LogP contribution is -2.32. The second-order valence-electron chi connectivity index (χ2n) is 7.99. The Morgan fingerprint density at radius 2 is 1.66 bits per heavy atom. The topological polar surface area (TPSA) is 97.9 Å². The van der Waals surface area contributed by atoms with Gasteiger partial charge in [0.1, 0.15) is 5.75 Å². The number of H-pyrrole nitrogens is 1. The van der Waals surface area contributed by atoms with E-state index >= 15 is 0 Å². The van der Waals surface area contributed by atoms with E-state index in [1.54, 1.807) is 49.6 Å². The fraction of sp³-hybridized carbons (Fsp3) is 0.160. The van der Waals surface area contributed by atoms with Gasteiger partial charge >= 0.3 is 0 Å². The van der Waals surface area contributed by atoms with Gasteiger partial charge in [-0.2, -0.15) is 4.31 Å². The van der Waals surface area contributed by atoms with Crippen molar-refractivity contribution in [2.24, 2.45) is 0 Å². The highest BCUT2D eigenvalue weighted by atomic mass is 35.5. The molecule has 5 rings (SSSR count). The first-order valence-corrected chi connectivity index (χ1v) is 12.5. The lowest BCUT2D eigenvalue weighted by Gasteiger charge is -2.22. The smallest absolute Gasteiger partial charge is 0.252 e. The van der Waals surface area contributed by atoms with Gasteiger partial charge in [-0.15, -0.1) is 0 Å². The van der Waals surface area contributed by atoms with Gasteiger partial charge in [0.05, 0.1) is 17.5 Å². The van der Waals surface area contributed by atoms with E-state index in [0.717, 1.165) is 5.56 Å². The maximum atomic E-state index is 13.6. The van der Waals surface area contributed by atoms with Gasteiger partial charge in [0.25, 0.3) is 5.56 Å². The summed E-state index contributed by atoms with van der Waals surface area (Å²) in [6, 6.07) is 18.2. The summed E-state index contributed by atoms with van der Waals surface area (Å²) in [4.78, 5) is 15.8. The molecule has 180 valence electrons. The summed E-state index contributed by atoms with van der Waals surface area (Å²) in [5.74, 6) is 1.78. The molecule has 0 unspecified atom stereocenters. The number of rotatable bonds is 7. The zero-order chi connectivity index (χ0) is 24.6. The highest BCUT2D eigenvalue weighted by Gasteiger charge is 2.26. The molecule has 0 saturated heterocycles. The Kier molecular flexibility index (Phi) is 6.14. The summed E-state index contributed by atoms with van der Waals surface area (Å²) < 4.78 is 44.5. The number of benzene rings is 3.